The Morgan fingerprint density at radius 3 is 3.08 bits per heavy atom. The van der Waals surface area contributed by atoms with Gasteiger partial charge in [0, 0.05) is 13.2 Å². The second-order valence-corrected chi connectivity index (χ2v) is 8.03. The molecule has 0 radical (unpaired) electrons. The Balaban J connectivity index is 1.43. The number of likely N-dealkylation sites (tertiary alicyclic amines) is 1. The Morgan fingerprint density at radius 2 is 2.28 bits per heavy atom. The average molecular weight is 359 g/mol. The number of carbonyl (C=O) groups is 1. The average Bonchev–Trinajstić information content (AvgIpc) is 3.38. The number of fused-ring (bicyclic) bond motifs is 1. The highest BCUT2D eigenvalue weighted by Crippen LogP contribution is 2.37. The van der Waals surface area contributed by atoms with E-state index in [0.29, 0.717) is 6.54 Å². The molecule has 1 amide bonds. The predicted octanol–water partition coefficient (Wildman–Crippen LogP) is 3.12. The van der Waals surface area contributed by atoms with Crippen LogP contribution >= 0.6 is 11.3 Å². The van der Waals surface area contributed by atoms with Crippen molar-refractivity contribution in [1.29, 1.82) is 0 Å². The number of rotatable bonds is 5. The summed E-state index contributed by atoms with van der Waals surface area (Å²) in [5, 5.41) is 4.21. The van der Waals surface area contributed by atoms with Gasteiger partial charge in [-0.1, -0.05) is 12.1 Å². The van der Waals surface area contributed by atoms with E-state index in [2.05, 4.69) is 28.4 Å². The number of ether oxygens (including phenoxy) is 1. The molecule has 3 unspecified atom stereocenters. The second-order valence-electron chi connectivity index (χ2n) is 6.97. The Labute approximate surface area is 152 Å². The van der Waals surface area contributed by atoms with Gasteiger partial charge in [0.25, 0.3) is 0 Å². The third-order valence-corrected chi connectivity index (χ3v) is 6.43. The molecule has 0 saturated carbocycles. The molecule has 2 fully saturated rings. The highest BCUT2D eigenvalue weighted by molar-refractivity contribution is 7.18. The number of aromatic nitrogens is 1. The van der Waals surface area contributed by atoms with Crippen molar-refractivity contribution in [2.45, 2.75) is 50.8 Å². The molecule has 1 aromatic heterocycles. The lowest BCUT2D eigenvalue weighted by molar-refractivity contribution is -0.126. The van der Waals surface area contributed by atoms with Crippen molar-refractivity contribution in [3.63, 3.8) is 0 Å². The minimum Gasteiger partial charge on any atom is -0.376 e. The first-order valence-corrected chi connectivity index (χ1v) is 10.0. The number of nitrogens with one attached hydrogen (secondary N) is 1. The number of benzene rings is 1. The van der Waals surface area contributed by atoms with Crippen molar-refractivity contribution >= 4 is 27.5 Å². The monoisotopic (exact) mass is 359 g/mol. The van der Waals surface area contributed by atoms with Crippen molar-refractivity contribution in [2.75, 3.05) is 19.7 Å². The number of hydrogen-bond acceptors (Lipinski definition) is 5. The molecule has 6 heteroatoms. The van der Waals surface area contributed by atoms with Gasteiger partial charge >= 0.3 is 0 Å². The lowest BCUT2D eigenvalue weighted by Gasteiger charge is -2.29. The van der Waals surface area contributed by atoms with Gasteiger partial charge in [-0.15, -0.1) is 11.3 Å². The van der Waals surface area contributed by atoms with Crippen LogP contribution in [0.25, 0.3) is 10.2 Å². The van der Waals surface area contributed by atoms with Gasteiger partial charge in [-0.2, -0.15) is 0 Å². The quantitative estimate of drug-likeness (QED) is 0.891. The summed E-state index contributed by atoms with van der Waals surface area (Å²) >= 11 is 1.76. The molecule has 1 N–H and O–H groups in total. The van der Waals surface area contributed by atoms with Crippen LogP contribution < -0.4 is 5.32 Å². The molecule has 0 bridgehead atoms. The molecule has 2 aliphatic heterocycles. The minimum atomic E-state index is -0.138. The summed E-state index contributed by atoms with van der Waals surface area (Å²) in [5.74, 6) is 0.100. The van der Waals surface area contributed by atoms with E-state index in [1.54, 1.807) is 11.3 Å². The zero-order valence-electron chi connectivity index (χ0n) is 14.6. The molecule has 5 nitrogen and oxygen atoms in total. The number of thiazole rings is 1. The smallest absolute Gasteiger partial charge is 0.237 e. The first-order valence-electron chi connectivity index (χ1n) is 9.23. The Bertz CT molecular complexity index is 708. The van der Waals surface area contributed by atoms with Gasteiger partial charge in [0.05, 0.1) is 28.4 Å². The summed E-state index contributed by atoms with van der Waals surface area (Å²) < 4.78 is 6.82. The van der Waals surface area contributed by atoms with Gasteiger partial charge in [-0.3, -0.25) is 9.69 Å². The highest BCUT2D eigenvalue weighted by atomic mass is 32.1. The van der Waals surface area contributed by atoms with Gasteiger partial charge in [-0.25, -0.2) is 4.98 Å². The van der Waals surface area contributed by atoms with Gasteiger partial charge in [-0.05, 0) is 51.3 Å². The summed E-state index contributed by atoms with van der Waals surface area (Å²) in [6.07, 6.45) is 4.52. The second kappa shape index (κ2) is 7.40. The minimum absolute atomic E-state index is 0.100. The summed E-state index contributed by atoms with van der Waals surface area (Å²) in [4.78, 5) is 19.7. The van der Waals surface area contributed by atoms with Crippen LogP contribution in [0.3, 0.4) is 0 Å². The van der Waals surface area contributed by atoms with Crippen LogP contribution in [-0.4, -0.2) is 47.6 Å². The lowest BCUT2D eigenvalue weighted by Crippen LogP contribution is -2.46. The number of hydrogen-bond donors (Lipinski definition) is 1. The van der Waals surface area contributed by atoms with E-state index >= 15 is 0 Å². The van der Waals surface area contributed by atoms with Crippen LogP contribution in [-0.2, 0) is 9.53 Å². The van der Waals surface area contributed by atoms with Crippen molar-refractivity contribution < 1.29 is 9.53 Å². The third-order valence-electron chi connectivity index (χ3n) is 5.29. The van der Waals surface area contributed by atoms with E-state index in [1.165, 1.54) is 4.70 Å². The van der Waals surface area contributed by atoms with Crippen LogP contribution in [0.4, 0.5) is 0 Å². The maximum Gasteiger partial charge on any atom is 0.237 e. The highest BCUT2D eigenvalue weighted by Gasteiger charge is 2.35. The first-order chi connectivity index (χ1) is 12.2. The van der Waals surface area contributed by atoms with E-state index in [1.807, 2.05) is 13.0 Å². The van der Waals surface area contributed by atoms with Crippen LogP contribution in [0, 0.1) is 0 Å². The van der Waals surface area contributed by atoms with E-state index < -0.39 is 0 Å². The SMILES string of the molecule is CC(C(=O)NCC1CCCO1)N1CCCC1c1nc2ccccc2s1. The van der Waals surface area contributed by atoms with Crippen LogP contribution in [0.5, 0.6) is 0 Å². The standard InChI is InChI=1S/C19H25N3O2S/c1-13(18(23)20-12-14-6-5-11-24-14)22-10-4-8-16(22)19-21-15-7-2-3-9-17(15)25-19/h2-3,7,9,13-14,16H,4-6,8,10-12H2,1H3,(H,20,23). The van der Waals surface area contributed by atoms with Crippen LogP contribution in [0.15, 0.2) is 24.3 Å². The molecule has 1 aromatic carbocycles. The van der Waals surface area contributed by atoms with E-state index in [0.717, 1.165) is 49.4 Å². The Hall–Kier alpha value is -1.50. The Kier molecular flexibility index (Phi) is 5.01. The van der Waals surface area contributed by atoms with Crippen molar-refractivity contribution in [2.24, 2.45) is 0 Å². The van der Waals surface area contributed by atoms with Crippen molar-refractivity contribution in [1.82, 2.24) is 15.2 Å². The first kappa shape index (κ1) is 16.9. The fourth-order valence-electron chi connectivity index (χ4n) is 3.87. The zero-order chi connectivity index (χ0) is 17.2. The van der Waals surface area contributed by atoms with E-state index in [4.69, 9.17) is 9.72 Å². The molecule has 2 saturated heterocycles. The molecular weight excluding hydrogens is 334 g/mol. The van der Waals surface area contributed by atoms with Crippen LogP contribution in [0.1, 0.15) is 43.7 Å². The van der Waals surface area contributed by atoms with Gasteiger partial charge < -0.3 is 10.1 Å². The van der Waals surface area contributed by atoms with E-state index in [9.17, 15) is 4.79 Å². The molecule has 2 aromatic rings. The molecule has 0 spiro atoms. The van der Waals surface area contributed by atoms with Gasteiger partial charge in [0.2, 0.25) is 5.91 Å². The summed E-state index contributed by atoms with van der Waals surface area (Å²) in [6.45, 7) is 4.41. The van der Waals surface area contributed by atoms with Gasteiger partial charge in [0.1, 0.15) is 5.01 Å². The third kappa shape index (κ3) is 3.57. The maximum atomic E-state index is 12.6. The zero-order valence-corrected chi connectivity index (χ0v) is 15.4. The van der Waals surface area contributed by atoms with Crippen molar-refractivity contribution in [3.8, 4) is 0 Å². The molecule has 3 heterocycles. The molecule has 4 rings (SSSR count). The topological polar surface area (TPSA) is 54.5 Å². The number of amides is 1. The Morgan fingerprint density at radius 1 is 1.40 bits per heavy atom. The van der Waals surface area contributed by atoms with E-state index in [-0.39, 0.29) is 24.1 Å². The maximum absolute atomic E-state index is 12.6. The fraction of sp³-hybridized carbons (Fsp3) is 0.579. The number of carbonyl (C=O) groups excluding carboxylic acids is 1. The summed E-state index contributed by atoms with van der Waals surface area (Å²) in [5.41, 5.74) is 1.06. The van der Waals surface area contributed by atoms with Gasteiger partial charge in [0.15, 0.2) is 0 Å². The molecule has 2 aliphatic rings. The predicted molar refractivity (Wildman–Crippen MR) is 99.7 cm³/mol. The fourth-order valence-corrected chi connectivity index (χ4v) is 4.99. The molecule has 25 heavy (non-hydrogen) atoms. The summed E-state index contributed by atoms with van der Waals surface area (Å²) in [7, 11) is 0. The lowest BCUT2D eigenvalue weighted by atomic mass is 10.2. The molecular formula is C19H25N3O2S. The number of para-hydroxylation sites is 1. The molecule has 0 aliphatic carbocycles. The number of nitrogens with zero attached hydrogens (tertiary/aromatic N) is 2. The van der Waals surface area contributed by atoms with Crippen molar-refractivity contribution in [3.05, 3.63) is 29.3 Å². The molecule has 3 atom stereocenters. The van der Waals surface area contributed by atoms with Crippen LogP contribution in [0.2, 0.25) is 0 Å². The summed E-state index contributed by atoms with van der Waals surface area (Å²) in [6, 6.07) is 8.37. The normalized spacial score (nSPS) is 25.5. The largest absolute Gasteiger partial charge is 0.376 e. The molecule has 134 valence electrons.